The first-order valence-electron chi connectivity index (χ1n) is 16.1. The van der Waals surface area contributed by atoms with Crippen LogP contribution in [0.25, 0.3) is 0 Å². The fraction of sp³-hybridized carbons (Fsp3) is 0.308. The van der Waals surface area contributed by atoms with E-state index in [1.54, 1.807) is 42.5 Å². The van der Waals surface area contributed by atoms with Crippen LogP contribution >= 0.6 is 0 Å². The van der Waals surface area contributed by atoms with E-state index in [4.69, 9.17) is 14.2 Å². The van der Waals surface area contributed by atoms with Gasteiger partial charge < -0.3 is 39.7 Å². The molecule has 248 valence electrons. The summed E-state index contributed by atoms with van der Waals surface area (Å²) < 4.78 is 19.4. The number of carbonyl (C=O) groups is 1. The lowest BCUT2D eigenvalue weighted by atomic mass is 9.78. The number of ether oxygens (including phenoxy) is 3. The van der Waals surface area contributed by atoms with Gasteiger partial charge in [-0.05, 0) is 82.0 Å². The average Bonchev–Trinajstić information content (AvgIpc) is 3.37. The first-order valence-corrected chi connectivity index (χ1v) is 16.1. The van der Waals surface area contributed by atoms with Gasteiger partial charge in [0.15, 0.2) is 5.78 Å². The number of phenolic OH excluding ortho intramolecular Hbond substituents is 5. The maximum absolute atomic E-state index is 13.7. The van der Waals surface area contributed by atoms with Gasteiger partial charge in [-0.2, -0.15) is 0 Å². The molecule has 0 radical (unpaired) electrons. The van der Waals surface area contributed by atoms with Crippen molar-refractivity contribution in [3.63, 3.8) is 0 Å². The standard InChI is InChI=1S/C39H38O9/c1-19(2)5-8-22-13-28-34(48-39(22,3)4)18-31(45)36-30(44)17-32(47-38(28)36)26-15-27-33(16-29(26)43)46-37(20-6-9-23(40)10-7-20)35(27)21-11-24(41)14-25(42)12-21/h5-7,9-12,14-16,18,22,32,35,37,40-43,45H,8,13,17H2,1-4H3/t22-,32+,35+,37-/m0/s1. The maximum Gasteiger partial charge on any atom is 0.174 e. The number of hydrogen-bond donors (Lipinski definition) is 5. The van der Waals surface area contributed by atoms with Crippen molar-refractivity contribution in [2.75, 3.05) is 0 Å². The first kappa shape index (κ1) is 31.3. The molecule has 4 aromatic rings. The lowest BCUT2D eigenvalue weighted by Crippen LogP contribution is -2.42. The zero-order valence-electron chi connectivity index (χ0n) is 27.2. The molecule has 3 aliphatic rings. The molecule has 0 spiro atoms. The van der Waals surface area contributed by atoms with Crippen molar-refractivity contribution in [2.24, 2.45) is 5.92 Å². The summed E-state index contributed by atoms with van der Waals surface area (Å²) in [6.45, 7) is 8.13. The normalized spacial score (nSPS) is 22.0. The van der Waals surface area contributed by atoms with E-state index in [-0.39, 0.29) is 58.2 Å². The highest BCUT2D eigenvalue weighted by molar-refractivity contribution is 6.03. The lowest BCUT2D eigenvalue weighted by Gasteiger charge is -2.41. The molecule has 4 atom stereocenters. The molecule has 0 aromatic heterocycles. The number of benzene rings is 4. The predicted octanol–water partition coefficient (Wildman–Crippen LogP) is 7.87. The fourth-order valence-corrected chi connectivity index (χ4v) is 7.23. The van der Waals surface area contributed by atoms with Crippen molar-refractivity contribution in [3.05, 3.63) is 106 Å². The van der Waals surface area contributed by atoms with Crippen LogP contribution in [0, 0.1) is 5.92 Å². The van der Waals surface area contributed by atoms with Crippen molar-refractivity contribution < 1.29 is 44.5 Å². The number of ketones is 1. The van der Waals surface area contributed by atoms with Gasteiger partial charge in [-0.25, -0.2) is 0 Å². The van der Waals surface area contributed by atoms with E-state index in [1.807, 2.05) is 27.7 Å². The SMILES string of the molecule is CC(C)=CC[C@H]1Cc2c(cc(O)c3c2O[C@@H](c2cc4c(cc2O)O[C@@H](c2ccc(O)cc2)[C@@H]4c2cc(O)cc(O)c2)CC3=O)OC1(C)C. The third-order valence-electron chi connectivity index (χ3n) is 9.75. The molecule has 0 aliphatic carbocycles. The van der Waals surface area contributed by atoms with Crippen LogP contribution in [0.4, 0.5) is 0 Å². The molecule has 9 nitrogen and oxygen atoms in total. The van der Waals surface area contributed by atoms with E-state index >= 15 is 0 Å². The number of fused-ring (bicyclic) bond motifs is 4. The molecule has 0 amide bonds. The Morgan fingerprint density at radius 3 is 2.17 bits per heavy atom. The molecule has 0 unspecified atom stereocenters. The summed E-state index contributed by atoms with van der Waals surface area (Å²) in [4.78, 5) is 13.7. The third kappa shape index (κ3) is 5.43. The Morgan fingerprint density at radius 1 is 0.792 bits per heavy atom. The molecule has 3 aliphatic heterocycles. The van der Waals surface area contributed by atoms with Gasteiger partial charge in [-0.15, -0.1) is 0 Å². The van der Waals surface area contributed by atoms with Gasteiger partial charge in [-0.1, -0.05) is 23.8 Å². The topological polar surface area (TPSA) is 146 Å². The Kier molecular flexibility index (Phi) is 7.46. The minimum Gasteiger partial charge on any atom is -0.508 e. The zero-order chi connectivity index (χ0) is 34.1. The van der Waals surface area contributed by atoms with Crippen LogP contribution in [0.15, 0.2) is 72.3 Å². The maximum atomic E-state index is 13.7. The van der Waals surface area contributed by atoms with Gasteiger partial charge in [0.1, 0.15) is 69.4 Å². The molecule has 3 heterocycles. The molecule has 5 N–H and O–H groups in total. The Morgan fingerprint density at radius 2 is 1.48 bits per heavy atom. The second kappa shape index (κ2) is 11.4. The van der Waals surface area contributed by atoms with Crippen LogP contribution in [0.1, 0.15) is 96.8 Å². The van der Waals surface area contributed by atoms with Gasteiger partial charge >= 0.3 is 0 Å². The summed E-state index contributed by atoms with van der Waals surface area (Å²) >= 11 is 0. The molecule has 9 heteroatoms. The number of aromatic hydroxyl groups is 5. The van der Waals surface area contributed by atoms with E-state index < -0.39 is 23.7 Å². The summed E-state index contributed by atoms with van der Waals surface area (Å²) in [6, 6.07) is 15.6. The van der Waals surface area contributed by atoms with Crippen LogP contribution < -0.4 is 14.2 Å². The molecule has 7 rings (SSSR count). The number of carbonyl (C=O) groups excluding carboxylic acids is 1. The number of allylic oxidation sites excluding steroid dienone is 2. The van der Waals surface area contributed by atoms with E-state index in [9.17, 15) is 30.3 Å². The van der Waals surface area contributed by atoms with Gasteiger partial charge in [0.25, 0.3) is 0 Å². The summed E-state index contributed by atoms with van der Waals surface area (Å²) in [7, 11) is 0. The largest absolute Gasteiger partial charge is 0.508 e. The minimum atomic E-state index is -0.890. The van der Waals surface area contributed by atoms with Gasteiger partial charge in [0, 0.05) is 40.8 Å². The number of Topliss-reactive ketones (excluding diaryl/α,β-unsaturated/α-hetero) is 1. The summed E-state index contributed by atoms with van der Waals surface area (Å²) in [5, 5.41) is 53.0. The molecule has 0 saturated carbocycles. The van der Waals surface area contributed by atoms with Crippen LogP contribution in [0.2, 0.25) is 0 Å². The molecular formula is C39H38O9. The summed E-state index contributed by atoms with van der Waals surface area (Å²) in [6.07, 6.45) is 1.85. The van der Waals surface area contributed by atoms with E-state index in [1.165, 1.54) is 23.8 Å². The second-order valence-electron chi connectivity index (χ2n) is 13.8. The number of rotatable bonds is 5. The monoisotopic (exact) mass is 650 g/mol. The Balaban J connectivity index is 1.31. The zero-order valence-corrected chi connectivity index (χ0v) is 27.2. The van der Waals surface area contributed by atoms with Crippen LogP contribution in [-0.2, 0) is 6.42 Å². The van der Waals surface area contributed by atoms with Crippen LogP contribution in [0.5, 0.6) is 46.0 Å². The van der Waals surface area contributed by atoms with Crippen LogP contribution in [-0.4, -0.2) is 36.9 Å². The Bertz CT molecular complexity index is 1950. The van der Waals surface area contributed by atoms with Crippen molar-refractivity contribution >= 4 is 5.78 Å². The second-order valence-corrected chi connectivity index (χ2v) is 13.8. The molecule has 0 bridgehead atoms. The molecule has 4 aromatic carbocycles. The van der Waals surface area contributed by atoms with Crippen molar-refractivity contribution in [3.8, 4) is 46.0 Å². The highest BCUT2D eigenvalue weighted by atomic mass is 16.5. The minimum absolute atomic E-state index is 0.0782. The van der Waals surface area contributed by atoms with Crippen LogP contribution in [0.3, 0.4) is 0 Å². The Hall–Kier alpha value is -5.31. The van der Waals surface area contributed by atoms with E-state index in [0.29, 0.717) is 40.2 Å². The molecule has 48 heavy (non-hydrogen) atoms. The fourth-order valence-electron chi connectivity index (χ4n) is 7.23. The van der Waals surface area contributed by atoms with Crippen molar-refractivity contribution in [1.29, 1.82) is 0 Å². The smallest absolute Gasteiger partial charge is 0.174 e. The van der Waals surface area contributed by atoms with Crippen molar-refractivity contribution in [2.45, 2.75) is 70.7 Å². The van der Waals surface area contributed by atoms with Gasteiger partial charge in [0.05, 0.1) is 12.3 Å². The van der Waals surface area contributed by atoms with Crippen molar-refractivity contribution in [1.82, 2.24) is 0 Å². The number of phenols is 5. The average molecular weight is 651 g/mol. The highest BCUT2D eigenvalue weighted by Gasteiger charge is 2.43. The summed E-state index contributed by atoms with van der Waals surface area (Å²) in [5.74, 6) is -0.185. The molecular weight excluding hydrogens is 612 g/mol. The lowest BCUT2D eigenvalue weighted by molar-refractivity contribution is 0.0255. The molecule has 0 saturated heterocycles. The first-order chi connectivity index (χ1) is 22.8. The van der Waals surface area contributed by atoms with Gasteiger partial charge in [-0.3, -0.25) is 4.79 Å². The quantitative estimate of drug-likeness (QED) is 0.136. The summed E-state index contributed by atoms with van der Waals surface area (Å²) in [5.41, 5.74) is 3.77. The van der Waals surface area contributed by atoms with Gasteiger partial charge in [0.2, 0.25) is 0 Å². The molecule has 0 fully saturated rings. The predicted molar refractivity (Wildman–Crippen MR) is 178 cm³/mol. The highest BCUT2D eigenvalue weighted by Crippen LogP contribution is 2.55. The third-order valence-corrected chi connectivity index (χ3v) is 9.75. The number of hydrogen-bond acceptors (Lipinski definition) is 9. The Labute approximate surface area is 278 Å². The van der Waals surface area contributed by atoms with E-state index in [0.717, 1.165) is 12.0 Å². The van der Waals surface area contributed by atoms with E-state index in [2.05, 4.69) is 6.08 Å².